The first-order valence-corrected chi connectivity index (χ1v) is 6.33. The van der Waals surface area contributed by atoms with Crippen molar-refractivity contribution < 1.29 is 9.90 Å². The van der Waals surface area contributed by atoms with Crippen molar-refractivity contribution in [2.24, 2.45) is 0 Å². The highest BCUT2D eigenvalue weighted by Gasteiger charge is 2.10. The van der Waals surface area contributed by atoms with E-state index in [1.54, 1.807) is 23.9 Å². The van der Waals surface area contributed by atoms with Crippen molar-refractivity contribution >= 4 is 17.7 Å². The smallest absolute Gasteiger partial charge is 0.335 e. The average Bonchev–Trinajstić information content (AvgIpc) is 2.78. The minimum atomic E-state index is -0.905. The molecule has 0 amide bonds. The largest absolute Gasteiger partial charge is 0.478 e. The zero-order chi connectivity index (χ0) is 13.1. The molecule has 0 aliphatic rings. The lowest BCUT2D eigenvalue weighted by Gasteiger charge is -2.06. The minimum absolute atomic E-state index is 0.329. The summed E-state index contributed by atoms with van der Waals surface area (Å²) >= 11 is 1.46. The molecule has 1 N–H and O–H groups in total. The molecule has 1 heterocycles. The first kappa shape index (κ1) is 12.6. The number of nitrogens with zero attached hydrogens (tertiary/aromatic N) is 3. The predicted octanol–water partition coefficient (Wildman–Crippen LogP) is 2.46. The number of carboxylic acids is 1. The molecule has 0 aliphatic heterocycles. The summed E-state index contributed by atoms with van der Waals surface area (Å²) in [5.74, 6) is -0.905. The van der Waals surface area contributed by atoms with Gasteiger partial charge in [0.2, 0.25) is 0 Å². The van der Waals surface area contributed by atoms with Crippen LogP contribution in [-0.4, -0.2) is 26.1 Å². The minimum Gasteiger partial charge on any atom is -0.478 e. The monoisotopic (exact) mass is 263 g/mol. The molecular weight excluding hydrogens is 250 g/mol. The van der Waals surface area contributed by atoms with Crippen molar-refractivity contribution in [3.05, 3.63) is 35.5 Å². The number of aryl methyl sites for hydroxylation is 2. The summed E-state index contributed by atoms with van der Waals surface area (Å²) in [5.41, 5.74) is 1.09. The first-order chi connectivity index (χ1) is 8.61. The molecule has 0 radical (unpaired) electrons. The maximum Gasteiger partial charge on any atom is 0.335 e. The second kappa shape index (κ2) is 5.22. The molecule has 0 atom stereocenters. The lowest BCUT2D eigenvalue weighted by atomic mass is 10.1. The van der Waals surface area contributed by atoms with Crippen LogP contribution >= 0.6 is 11.8 Å². The third kappa shape index (κ3) is 2.53. The highest BCUT2D eigenvalue weighted by molar-refractivity contribution is 7.99. The summed E-state index contributed by atoms with van der Waals surface area (Å²) in [6.07, 6.45) is 1.68. The van der Waals surface area contributed by atoms with Gasteiger partial charge in [-0.3, -0.25) is 0 Å². The van der Waals surface area contributed by atoms with Gasteiger partial charge < -0.3 is 5.11 Å². The van der Waals surface area contributed by atoms with Gasteiger partial charge >= 0.3 is 5.97 Å². The highest BCUT2D eigenvalue weighted by atomic mass is 32.2. The summed E-state index contributed by atoms with van der Waals surface area (Å²) in [6.45, 7) is 4.51. The Balaban J connectivity index is 2.30. The molecule has 0 fully saturated rings. The summed E-state index contributed by atoms with van der Waals surface area (Å²) in [6, 6.07) is 5.39. The summed E-state index contributed by atoms with van der Waals surface area (Å²) in [7, 11) is 0. The Kier molecular flexibility index (Phi) is 3.66. The van der Waals surface area contributed by atoms with Crippen molar-refractivity contribution in [2.45, 2.75) is 30.3 Å². The van der Waals surface area contributed by atoms with Gasteiger partial charge in [0.05, 0.1) is 11.8 Å². The van der Waals surface area contributed by atoms with Crippen molar-refractivity contribution in [3.8, 4) is 0 Å². The van der Waals surface area contributed by atoms with Crippen LogP contribution in [0.25, 0.3) is 0 Å². The Morgan fingerprint density at radius 3 is 2.94 bits per heavy atom. The van der Waals surface area contributed by atoms with E-state index >= 15 is 0 Å². The molecule has 5 nitrogen and oxygen atoms in total. The van der Waals surface area contributed by atoms with Gasteiger partial charge in [0.25, 0.3) is 0 Å². The van der Waals surface area contributed by atoms with Gasteiger partial charge in [-0.15, -0.1) is 5.10 Å². The zero-order valence-electron chi connectivity index (χ0n) is 10.1. The molecule has 94 valence electrons. The number of benzene rings is 1. The molecule has 0 saturated heterocycles. The topological polar surface area (TPSA) is 68.0 Å². The Morgan fingerprint density at radius 1 is 1.50 bits per heavy atom. The maximum atomic E-state index is 11.1. The van der Waals surface area contributed by atoms with Crippen LogP contribution in [0.4, 0.5) is 0 Å². The SMILES string of the molecule is CCn1nncc1Sc1ccc(C)c(C(=O)O)c1. The van der Waals surface area contributed by atoms with E-state index in [9.17, 15) is 4.79 Å². The highest BCUT2D eigenvalue weighted by Crippen LogP contribution is 2.28. The van der Waals surface area contributed by atoms with E-state index in [4.69, 9.17) is 5.11 Å². The summed E-state index contributed by atoms with van der Waals surface area (Å²) in [4.78, 5) is 11.9. The van der Waals surface area contributed by atoms with Crippen LogP contribution in [-0.2, 0) is 6.54 Å². The van der Waals surface area contributed by atoms with Gasteiger partial charge in [-0.2, -0.15) is 0 Å². The van der Waals surface area contributed by atoms with Crippen molar-refractivity contribution in [1.29, 1.82) is 0 Å². The van der Waals surface area contributed by atoms with Crippen LogP contribution in [0.2, 0.25) is 0 Å². The maximum absolute atomic E-state index is 11.1. The quantitative estimate of drug-likeness (QED) is 0.917. The van der Waals surface area contributed by atoms with E-state index in [1.807, 2.05) is 19.1 Å². The fourth-order valence-corrected chi connectivity index (χ4v) is 2.49. The van der Waals surface area contributed by atoms with Gasteiger partial charge in [0, 0.05) is 11.4 Å². The molecule has 2 rings (SSSR count). The Labute approximate surface area is 109 Å². The Morgan fingerprint density at radius 2 is 2.28 bits per heavy atom. The molecular formula is C12H13N3O2S. The number of hydrogen-bond acceptors (Lipinski definition) is 4. The molecule has 0 bridgehead atoms. The lowest BCUT2D eigenvalue weighted by Crippen LogP contribution is -2.00. The second-order valence-electron chi connectivity index (χ2n) is 3.77. The van der Waals surface area contributed by atoms with Crippen molar-refractivity contribution in [1.82, 2.24) is 15.0 Å². The van der Waals surface area contributed by atoms with E-state index in [2.05, 4.69) is 10.3 Å². The van der Waals surface area contributed by atoms with Crippen LogP contribution in [0, 0.1) is 6.92 Å². The van der Waals surface area contributed by atoms with Crippen LogP contribution in [0.1, 0.15) is 22.8 Å². The molecule has 0 unspecified atom stereocenters. The second-order valence-corrected chi connectivity index (χ2v) is 4.87. The van der Waals surface area contributed by atoms with Crippen LogP contribution in [0.15, 0.2) is 34.3 Å². The van der Waals surface area contributed by atoms with Crippen LogP contribution in [0.3, 0.4) is 0 Å². The van der Waals surface area contributed by atoms with Crippen molar-refractivity contribution in [2.75, 3.05) is 0 Å². The lowest BCUT2D eigenvalue weighted by molar-refractivity contribution is 0.0696. The van der Waals surface area contributed by atoms with Gasteiger partial charge in [0.1, 0.15) is 5.03 Å². The van der Waals surface area contributed by atoms with Gasteiger partial charge in [0.15, 0.2) is 0 Å². The van der Waals surface area contributed by atoms with Crippen LogP contribution < -0.4 is 0 Å². The van der Waals surface area contributed by atoms with Gasteiger partial charge in [-0.25, -0.2) is 9.48 Å². The number of carbonyl (C=O) groups is 1. The number of carboxylic acid groups (broad SMARTS) is 1. The van der Waals surface area contributed by atoms with Gasteiger partial charge in [-0.05, 0) is 31.5 Å². The van der Waals surface area contributed by atoms with E-state index < -0.39 is 5.97 Å². The zero-order valence-corrected chi connectivity index (χ0v) is 10.9. The Hall–Kier alpha value is -1.82. The molecule has 18 heavy (non-hydrogen) atoms. The van der Waals surface area contributed by atoms with E-state index in [0.717, 1.165) is 22.0 Å². The summed E-state index contributed by atoms with van der Waals surface area (Å²) < 4.78 is 1.77. The fraction of sp³-hybridized carbons (Fsp3) is 0.250. The molecule has 2 aromatic rings. The average molecular weight is 263 g/mol. The third-order valence-electron chi connectivity index (χ3n) is 2.54. The van der Waals surface area contributed by atoms with E-state index in [-0.39, 0.29) is 0 Å². The Bertz CT molecular complexity index is 580. The summed E-state index contributed by atoms with van der Waals surface area (Å²) in [5, 5.41) is 17.8. The fourth-order valence-electron chi connectivity index (χ4n) is 1.56. The molecule has 1 aromatic carbocycles. The predicted molar refractivity (Wildman–Crippen MR) is 68.0 cm³/mol. The normalized spacial score (nSPS) is 10.6. The van der Waals surface area contributed by atoms with Gasteiger partial charge in [-0.1, -0.05) is 23.0 Å². The molecule has 6 heteroatoms. The number of aromatic carboxylic acids is 1. The molecule has 0 spiro atoms. The molecule has 0 aliphatic carbocycles. The third-order valence-corrected chi connectivity index (χ3v) is 3.56. The van der Waals surface area contributed by atoms with E-state index in [0.29, 0.717) is 5.56 Å². The number of hydrogen-bond donors (Lipinski definition) is 1. The molecule has 1 aromatic heterocycles. The molecule has 0 saturated carbocycles. The number of rotatable bonds is 4. The van der Waals surface area contributed by atoms with E-state index in [1.165, 1.54) is 11.8 Å². The van der Waals surface area contributed by atoms with Crippen molar-refractivity contribution in [3.63, 3.8) is 0 Å². The standard InChI is InChI=1S/C12H13N3O2S/c1-3-15-11(7-13-14-15)18-9-5-4-8(2)10(6-9)12(16)17/h4-7H,3H2,1-2H3,(H,16,17). The van der Waals surface area contributed by atoms with Crippen LogP contribution in [0.5, 0.6) is 0 Å². The first-order valence-electron chi connectivity index (χ1n) is 5.52. The number of aromatic nitrogens is 3.